The van der Waals surface area contributed by atoms with Gasteiger partial charge in [-0.3, -0.25) is 9.71 Å². The van der Waals surface area contributed by atoms with Crippen LogP contribution in [0, 0.1) is 0 Å². The van der Waals surface area contributed by atoms with E-state index in [1.54, 1.807) is 0 Å². The molecule has 0 radical (unpaired) electrons. The van der Waals surface area contributed by atoms with Gasteiger partial charge in [-0.05, 0) is 49.9 Å². The van der Waals surface area contributed by atoms with Crippen molar-refractivity contribution in [1.82, 2.24) is 4.98 Å². The predicted octanol–water partition coefficient (Wildman–Crippen LogP) is 4.33. The molecule has 156 valence electrons. The predicted molar refractivity (Wildman–Crippen MR) is 105 cm³/mol. The highest BCUT2D eigenvalue weighted by atomic mass is 35.5. The van der Waals surface area contributed by atoms with Crippen molar-refractivity contribution in [1.29, 1.82) is 0 Å². The van der Waals surface area contributed by atoms with E-state index in [2.05, 4.69) is 9.71 Å². The number of esters is 1. The third-order valence-electron chi connectivity index (χ3n) is 4.46. The Balaban J connectivity index is 1.79. The van der Waals surface area contributed by atoms with E-state index < -0.39 is 22.9 Å². The van der Waals surface area contributed by atoms with Crippen molar-refractivity contribution in [3.8, 4) is 5.75 Å². The van der Waals surface area contributed by atoms with Crippen LogP contribution < -0.4 is 9.46 Å². The molecule has 1 aromatic heterocycles. The lowest BCUT2D eigenvalue weighted by Gasteiger charge is -2.21. The van der Waals surface area contributed by atoms with Gasteiger partial charge in [0.25, 0.3) is 10.0 Å². The van der Waals surface area contributed by atoms with Gasteiger partial charge in [0.1, 0.15) is 16.7 Å². The maximum absolute atomic E-state index is 12.7. The molecule has 1 aliphatic carbocycles. The Morgan fingerprint density at radius 2 is 1.97 bits per heavy atom. The number of ether oxygens (including phenoxy) is 2. The Kier molecular flexibility index (Phi) is 6.92. The second-order valence-electron chi connectivity index (χ2n) is 6.58. The van der Waals surface area contributed by atoms with Gasteiger partial charge in [-0.1, -0.05) is 18.0 Å². The standard InChI is InChI=1S/C19H20ClFN2O5S/c20-14-6-7-17(27-12-21)18(9-14)29(25,26)23-15-8-13(10-22-11-15)19(24)28-16-4-2-1-3-5-16/h6-11,16,23H,1-5,12H2. The van der Waals surface area contributed by atoms with E-state index in [4.69, 9.17) is 21.1 Å². The molecule has 1 fully saturated rings. The van der Waals surface area contributed by atoms with Crippen molar-refractivity contribution < 1.29 is 27.1 Å². The summed E-state index contributed by atoms with van der Waals surface area (Å²) in [5.74, 6) is -0.750. The van der Waals surface area contributed by atoms with Crippen LogP contribution in [0.4, 0.5) is 10.1 Å². The molecule has 1 heterocycles. The van der Waals surface area contributed by atoms with Crippen molar-refractivity contribution in [2.45, 2.75) is 43.1 Å². The Labute approximate surface area is 173 Å². The molecule has 1 aromatic carbocycles. The van der Waals surface area contributed by atoms with Crippen LogP contribution >= 0.6 is 11.6 Å². The second-order valence-corrected chi connectivity index (χ2v) is 8.66. The number of hydrogen-bond acceptors (Lipinski definition) is 6. The molecular weight excluding hydrogens is 423 g/mol. The first-order valence-corrected chi connectivity index (χ1v) is 10.9. The third-order valence-corrected chi connectivity index (χ3v) is 6.09. The van der Waals surface area contributed by atoms with E-state index in [0.717, 1.165) is 38.2 Å². The average Bonchev–Trinajstić information content (AvgIpc) is 2.70. The summed E-state index contributed by atoms with van der Waals surface area (Å²) >= 11 is 5.87. The van der Waals surface area contributed by atoms with Gasteiger partial charge in [-0.2, -0.15) is 0 Å². The summed E-state index contributed by atoms with van der Waals surface area (Å²) in [6.07, 6.45) is 7.20. The number of hydrogen-bond donors (Lipinski definition) is 1. The lowest BCUT2D eigenvalue weighted by molar-refractivity contribution is 0.0210. The Bertz CT molecular complexity index is 980. The molecule has 1 N–H and O–H groups in total. The van der Waals surface area contributed by atoms with Crippen molar-refractivity contribution >= 4 is 33.3 Å². The van der Waals surface area contributed by atoms with Gasteiger partial charge >= 0.3 is 5.97 Å². The number of carbonyl (C=O) groups is 1. The molecular formula is C19H20ClFN2O5S. The maximum atomic E-state index is 12.7. The topological polar surface area (TPSA) is 94.6 Å². The van der Waals surface area contributed by atoms with Gasteiger partial charge in [0, 0.05) is 11.2 Å². The van der Waals surface area contributed by atoms with E-state index in [1.165, 1.54) is 30.6 Å². The fraction of sp³-hybridized carbons (Fsp3) is 0.368. The Morgan fingerprint density at radius 3 is 2.69 bits per heavy atom. The smallest absolute Gasteiger partial charge is 0.340 e. The highest BCUT2D eigenvalue weighted by Gasteiger charge is 2.23. The minimum atomic E-state index is -4.18. The van der Waals surface area contributed by atoms with E-state index in [0.29, 0.717) is 0 Å². The van der Waals surface area contributed by atoms with Gasteiger partial charge in [0.15, 0.2) is 0 Å². The molecule has 2 aromatic rings. The fourth-order valence-corrected chi connectivity index (χ4v) is 4.53. The number of benzene rings is 1. The molecule has 1 saturated carbocycles. The van der Waals surface area contributed by atoms with Gasteiger partial charge in [-0.25, -0.2) is 17.6 Å². The van der Waals surface area contributed by atoms with Crippen LogP contribution in [0.5, 0.6) is 5.75 Å². The number of pyridine rings is 1. The van der Waals surface area contributed by atoms with Crippen molar-refractivity contribution in [2.75, 3.05) is 11.6 Å². The van der Waals surface area contributed by atoms with Crippen LogP contribution in [0.3, 0.4) is 0 Å². The SMILES string of the molecule is O=C(OC1CCCCC1)c1cncc(NS(=O)(=O)c2cc(Cl)ccc2OCF)c1. The monoisotopic (exact) mass is 442 g/mol. The number of anilines is 1. The van der Waals surface area contributed by atoms with Crippen molar-refractivity contribution in [3.05, 3.63) is 47.2 Å². The first-order chi connectivity index (χ1) is 13.9. The molecule has 0 bridgehead atoms. The first-order valence-electron chi connectivity index (χ1n) is 9.06. The van der Waals surface area contributed by atoms with E-state index in [-0.39, 0.29) is 33.0 Å². The molecule has 3 rings (SSSR count). The van der Waals surface area contributed by atoms with Gasteiger partial charge in [0.2, 0.25) is 6.86 Å². The Morgan fingerprint density at radius 1 is 1.21 bits per heavy atom. The highest BCUT2D eigenvalue weighted by Crippen LogP contribution is 2.29. The first kappa shape index (κ1) is 21.3. The highest BCUT2D eigenvalue weighted by molar-refractivity contribution is 7.92. The molecule has 1 aliphatic rings. The minimum Gasteiger partial charge on any atom is -0.461 e. The number of nitrogens with one attached hydrogen (secondary N) is 1. The molecule has 29 heavy (non-hydrogen) atoms. The number of alkyl halides is 1. The molecule has 7 nitrogen and oxygen atoms in total. The number of rotatable bonds is 7. The van der Waals surface area contributed by atoms with E-state index in [9.17, 15) is 17.6 Å². The van der Waals surface area contributed by atoms with Crippen LogP contribution in [-0.4, -0.2) is 32.3 Å². The molecule has 0 amide bonds. The zero-order valence-electron chi connectivity index (χ0n) is 15.4. The van der Waals surface area contributed by atoms with Crippen LogP contribution in [0.2, 0.25) is 5.02 Å². The number of sulfonamides is 1. The van der Waals surface area contributed by atoms with Gasteiger partial charge < -0.3 is 9.47 Å². The zero-order valence-corrected chi connectivity index (χ0v) is 17.0. The second kappa shape index (κ2) is 9.41. The van der Waals surface area contributed by atoms with Crippen LogP contribution in [0.25, 0.3) is 0 Å². The summed E-state index contributed by atoms with van der Waals surface area (Å²) in [4.78, 5) is 15.9. The Hall–Kier alpha value is -2.39. The van der Waals surface area contributed by atoms with Crippen molar-refractivity contribution in [3.63, 3.8) is 0 Å². The molecule has 0 unspecified atom stereocenters. The average molecular weight is 443 g/mol. The number of aromatic nitrogens is 1. The van der Waals surface area contributed by atoms with Crippen molar-refractivity contribution in [2.24, 2.45) is 0 Å². The summed E-state index contributed by atoms with van der Waals surface area (Å²) in [6.45, 7) is -1.20. The fourth-order valence-electron chi connectivity index (χ4n) is 3.09. The van der Waals surface area contributed by atoms with E-state index in [1.807, 2.05) is 0 Å². The third kappa shape index (κ3) is 5.57. The molecule has 10 heteroatoms. The van der Waals surface area contributed by atoms with Crippen LogP contribution in [0.15, 0.2) is 41.6 Å². The van der Waals surface area contributed by atoms with Crippen LogP contribution in [0.1, 0.15) is 42.5 Å². The normalized spacial score (nSPS) is 15.0. The van der Waals surface area contributed by atoms with E-state index >= 15 is 0 Å². The van der Waals surface area contributed by atoms with Gasteiger partial charge in [0.05, 0.1) is 17.4 Å². The maximum Gasteiger partial charge on any atom is 0.340 e. The number of nitrogens with zero attached hydrogens (tertiary/aromatic N) is 1. The summed E-state index contributed by atoms with van der Waals surface area (Å²) in [6, 6.07) is 5.11. The molecule has 0 atom stereocenters. The number of carbonyl (C=O) groups excluding carboxylic acids is 1. The molecule has 0 aliphatic heterocycles. The zero-order chi connectivity index (χ0) is 20.9. The lowest BCUT2D eigenvalue weighted by Crippen LogP contribution is -2.21. The molecule has 0 spiro atoms. The van der Waals surface area contributed by atoms with Crippen LogP contribution in [-0.2, 0) is 14.8 Å². The quantitative estimate of drug-likeness (QED) is 0.641. The summed E-state index contributed by atoms with van der Waals surface area (Å²) in [5, 5.41) is 0.138. The lowest BCUT2D eigenvalue weighted by atomic mass is 9.98. The summed E-state index contributed by atoms with van der Waals surface area (Å²) < 4.78 is 50.5. The number of halogens is 2. The largest absolute Gasteiger partial charge is 0.461 e. The molecule has 0 saturated heterocycles. The minimum absolute atomic E-state index is 0.0502. The summed E-state index contributed by atoms with van der Waals surface area (Å²) in [7, 11) is -4.18. The summed E-state index contributed by atoms with van der Waals surface area (Å²) in [5.41, 5.74) is 0.177. The van der Waals surface area contributed by atoms with Gasteiger partial charge in [-0.15, -0.1) is 0 Å².